The third-order valence-corrected chi connectivity index (χ3v) is 4.64. The number of halogens is 3. The van der Waals surface area contributed by atoms with Crippen LogP contribution in [-0.4, -0.2) is 51.7 Å². The van der Waals surface area contributed by atoms with Gasteiger partial charge in [-0.2, -0.15) is 22.8 Å². The fraction of sp³-hybridized carbons (Fsp3) is 0.368. The van der Waals surface area contributed by atoms with E-state index in [9.17, 15) is 18.0 Å². The van der Waals surface area contributed by atoms with Crippen LogP contribution in [0.15, 0.2) is 30.5 Å². The zero-order valence-electron chi connectivity index (χ0n) is 15.6. The Kier molecular flexibility index (Phi) is 4.95. The van der Waals surface area contributed by atoms with E-state index in [0.29, 0.717) is 37.6 Å². The molecule has 4 heterocycles. The normalized spacial score (nSPS) is 15.1. The summed E-state index contributed by atoms with van der Waals surface area (Å²) in [6.07, 6.45) is -3.64. The number of anilines is 1. The molecule has 0 atom stereocenters. The number of aryl methyl sites for hydroxylation is 1. The minimum atomic E-state index is -4.54. The molecule has 0 spiro atoms. The lowest BCUT2D eigenvalue weighted by Crippen LogP contribution is -2.37. The molecule has 0 N–H and O–H groups in total. The van der Waals surface area contributed by atoms with Crippen molar-refractivity contribution in [3.05, 3.63) is 53.1 Å². The van der Waals surface area contributed by atoms with Gasteiger partial charge in [0, 0.05) is 37.0 Å². The predicted octanol–water partition coefficient (Wildman–Crippen LogP) is 2.71. The Morgan fingerprint density at radius 1 is 1.21 bits per heavy atom. The van der Waals surface area contributed by atoms with Crippen molar-refractivity contribution in [3.63, 3.8) is 0 Å². The summed E-state index contributed by atoms with van der Waals surface area (Å²) in [6, 6.07) is 5.56. The van der Waals surface area contributed by atoms with Crippen molar-refractivity contribution in [2.75, 3.05) is 31.2 Å². The zero-order chi connectivity index (χ0) is 20.6. The molecule has 1 saturated heterocycles. The highest BCUT2D eigenvalue weighted by Crippen LogP contribution is 2.27. The first-order valence-electron chi connectivity index (χ1n) is 9.07. The van der Waals surface area contributed by atoms with Crippen molar-refractivity contribution in [3.8, 4) is 0 Å². The van der Waals surface area contributed by atoms with Gasteiger partial charge in [0.25, 0.3) is 0 Å². The van der Waals surface area contributed by atoms with Crippen LogP contribution in [0.1, 0.15) is 27.4 Å². The molecule has 7 nitrogen and oxygen atoms in total. The molecule has 0 amide bonds. The van der Waals surface area contributed by atoms with Crippen LogP contribution in [0.3, 0.4) is 0 Å². The van der Waals surface area contributed by atoms with E-state index in [1.807, 2.05) is 13.0 Å². The van der Waals surface area contributed by atoms with Crippen molar-refractivity contribution in [2.45, 2.75) is 19.5 Å². The van der Waals surface area contributed by atoms with Crippen LogP contribution in [0, 0.1) is 6.92 Å². The molecule has 4 rings (SSSR count). The molecular formula is C19H18F3N5O2. The number of ketones is 1. The van der Waals surface area contributed by atoms with Crippen LogP contribution in [0.25, 0.3) is 5.65 Å². The van der Waals surface area contributed by atoms with E-state index in [2.05, 4.69) is 20.0 Å². The minimum absolute atomic E-state index is 0.0505. The fourth-order valence-corrected chi connectivity index (χ4v) is 3.22. The Hall–Kier alpha value is -3.01. The zero-order valence-corrected chi connectivity index (χ0v) is 15.6. The molecule has 29 heavy (non-hydrogen) atoms. The van der Waals surface area contributed by atoms with Crippen molar-refractivity contribution < 1.29 is 22.7 Å². The van der Waals surface area contributed by atoms with E-state index in [0.717, 1.165) is 29.8 Å². The molecule has 1 aliphatic rings. The van der Waals surface area contributed by atoms with E-state index in [1.54, 1.807) is 10.6 Å². The van der Waals surface area contributed by atoms with Gasteiger partial charge in [-0.05, 0) is 19.1 Å². The standard InChI is InChI=1S/C19H18F3N5O2/c1-12-8-17-24-14(10-18(27(17)25-12)26-4-6-29-7-5-26)9-15(28)13-2-3-16(23-11-13)19(20,21)22/h2-3,8,10-11H,4-7,9H2,1H3. The van der Waals surface area contributed by atoms with E-state index < -0.39 is 11.9 Å². The topological polar surface area (TPSA) is 72.6 Å². The number of morpholine rings is 1. The average Bonchev–Trinajstić information content (AvgIpc) is 3.07. The van der Waals surface area contributed by atoms with Crippen LogP contribution in [0.4, 0.5) is 19.0 Å². The molecule has 3 aromatic heterocycles. The second kappa shape index (κ2) is 7.43. The number of nitrogens with zero attached hydrogens (tertiary/aromatic N) is 5. The summed E-state index contributed by atoms with van der Waals surface area (Å²) in [5.74, 6) is 0.451. The number of pyridine rings is 1. The second-order valence-electron chi connectivity index (χ2n) is 6.79. The summed E-state index contributed by atoms with van der Waals surface area (Å²) in [5, 5.41) is 4.47. The van der Waals surface area contributed by atoms with Gasteiger partial charge in [-0.15, -0.1) is 0 Å². The first-order chi connectivity index (χ1) is 13.8. The number of hydrogen-bond acceptors (Lipinski definition) is 6. The maximum absolute atomic E-state index is 12.7. The number of alkyl halides is 3. The molecule has 0 saturated carbocycles. The number of carbonyl (C=O) groups excluding carboxylic acids is 1. The van der Waals surface area contributed by atoms with Crippen LogP contribution in [-0.2, 0) is 17.3 Å². The summed E-state index contributed by atoms with van der Waals surface area (Å²) >= 11 is 0. The van der Waals surface area contributed by atoms with Crippen LogP contribution in [0.2, 0.25) is 0 Å². The smallest absolute Gasteiger partial charge is 0.378 e. The molecule has 3 aromatic rings. The quantitative estimate of drug-likeness (QED) is 0.622. The van der Waals surface area contributed by atoms with Crippen molar-refractivity contribution in [1.29, 1.82) is 0 Å². The number of ether oxygens (including phenoxy) is 1. The van der Waals surface area contributed by atoms with E-state index in [-0.39, 0.29) is 17.8 Å². The Balaban J connectivity index is 1.62. The third-order valence-electron chi connectivity index (χ3n) is 4.64. The van der Waals surface area contributed by atoms with Gasteiger partial charge in [-0.1, -0.05) is 0 Å². The summed E-state index contributed by atoms with van der Waals surface area (Å²) in [7, 11) is 0. The largest absolute Gasteiger partial charge is 0.433 e. The molecule has 0 radical (unpaired) electrons. The SMILES string of the molecule is Cc1cc2nc(CC(=O)c3ccc(C(F)(F)F)nc3)cc(N3CCOCC3)n2n1. The fourth-order valence-electron chi connectivity index (χ4n) is 3.22. The lowest BCUT2D eigenvalue weighted by atomic mass is 10.1. The van der Waals surface area contributed by atoms with E-state index >= 15 is 0 Å². The van der Waals surface area contributed by atoms with Crippen molar-refractivity contribution >= 4 is 17.2 Å². The summed E-state index contributed by atoms with van der Waals surface area (Å²) in [4.78, 5) is 22.5. The predicted molar refractivity (Wildman–Crippen MR) is 98.0 cm³/mol. The molecule has 1 aliphatic heterocycles. The van der Waals surface area contributed by atoms with Gasteiger partial charge in [0.15, 0.2) is 11.4 Å². The van der Waals surface area contributed by atoms with E-state index in [1.165, 1.54) is 0 Å². The molecule has 0 bridgehead atoms. The number of Topliss-reactive ketones (excluding diaryl/α,β-unsaturated/α-hetero) is 1. The van der Waals surface area contributed by atoms with Gasteiger partial charge < -0.3 is 9.64 Å². The van der Waals surface area contributed by atoms with Crippen molar-refractivity contribution in [1.82, 2.24) is 19.6 Å². The van der Waals surface area contributed by atoms with Crippen molar-refractivity contribution in [2.24, 2.45) is 0 Å². The maximum Gasteiger partial charge on any atom is 0.433 e. The molecular weight excluding hydrogens is 387 g/mol. The Morgan fingerprint density at radius 3 is 2.62 bits per heavy atom. The Morgan fingerprint density at radius 2 is 1.97 bits per heavy atom. The summed E-state index contributed by atoms with van der Waals surface area (Å²) < 4.78 is 45.1. The number of aromatic nitrogens is 4. The minimum Gasteiger partial charge on any atom is -0.378 e. The van der Waals surface area contributed by atoms with Crippen LogP contribution >= 0.6 is 0 Å². The average molecular weight is 405 g/mol. The molecule has 152 valence electrons. The monoisotopic (exact) mass is 405 g/mol. The van der Waals surface area contributed by atoms with Gasteiger partial charge in [0.2, 0.25) is 0 Å². The first-order valence-corrected chi connectivity index (χ1v) is 9.07. The number of carbonyl (C=O) groups is 1. The molecule has 0 unspecified atom stereocenters. The van der Waals surface area contributed by atoms with Gasteiger partial charge >= 0.3 is 6.18 Å². The van der Waals surface area contributed by atoms with Gasteiger partial charge in [0.1, 0.15) is 11.5 Å². The highest BCUT2D eigenvalue weighted by Gasteiger charge is 2.32. The van der Waals surface area contributed by atoms with Gasteiger partial charge in [-0.25, -0.2) is 4.98 Å². The highest BCUT2D eigenvalue weighted by atomic mass is 19.4. The lowest BCUT2D eigenvalue weighted by Gasteiger charge is -2.29. The number of fused-ring (bicyclic) bond motifs is 1. The van der Waals surface area contributed by atoms with Gasteiger partial charge in [0.05, 0.1) is 31.0 Å². The molecule has 0 aliphatic carbocycles. The maximum atomic E-state index is 12.7. The third kappa shape index (κ3) is 4.07. The second-order valence-corrected chi connectivity index (χ2v) is 6.79. The molecule has 0 aromatic carbocycles. The molecule has 10 heteroatoms. The van der Waals surface area contributed by atoms with E-state index in [4.69, 9.17) is 4.74 Å². The number of hydrogen-bond donors (Lipinski definition) is 0. The summed E-state index contributed by atoms with van der Waals surface area (Å²) in [5.41, 5.74) is 1.00. The molecule has 1 fully saturated rings. The Labute approximate surface area is 164 Å². The van der Waals surface area contributed by atoms with Crippen LogP contribution < -0.4 is 4.90 Å². The highest BCUT2D eigenvalue weighted by molar-refractivity contribution is 5.97. The lowest BCUT2D eigenvalue weighted by molar-refractivity contribution is -0.141. The first kappa shape index (κ1) is 19.3. The van der Waals surface area contributed by atoms with Crippen LogP contribution in [0.5, 0.6) is 0 Å². The summed E-state index contributed by atoms with van der Waals surface area (Å²) in [6.45, 7) is 4.42. The van der Waals surface area contributed by atoms with Gasteiger partial charge in [-0.3, -0.25) is 9.78 Å². The number of rotatable bonds is 4. The Bertz CT molecular complexity index is 1040.